The van der Waals surface area contributed by atoms with Crippen LogP contribution in [0.5, 0.6) is 5.75 Å². The maximum atomic E-state index is 9.27. The standard InChI is InChI=1S/C17H26N2O/c1-5-15-8-6-9-16(12-15)20-11-7-10-17(4,13-18)19-14(2)3/h6,8-9,12,14,19H,5,7,10-11H2,1-4H3. The fourth-order valence-electron chi connectivity index (χ4n) is 2.27. The molecule has 0 amide bonds. The molecule has 3 heteroatoms. The molecule has 1 unspecified atom stereocenters. The van der Waals surface area contributed by atoms with Gasteiger partial charge >= 0.3 is 0 Å². The Morgan fingerprint density at radius 1 is 1.40 bits per heavy atom. The molecule has 0 saturated heterocycles. The highest BCUT2D eigenvalue weighted by Crippen LogP contribution is 2.16. The molecule has 1 rings (SSSR count). The molecule has 110 valence electrons. The molecule has 0 aliphatic rings. The zero-order chi connectivity index (χ0) is 15.0. The molecular weight excluding hydrogens is 248 g/mol. The highest BCUT2D eigenvalue weighted by molar-refractivity contribution is 5.28. The first-order chi connectivity index (χ1) is 9.49. The van der Waals surface area contributed by atoms with E-state index < -0.39 is 5.54 Å². The summed E-state index contributed by atoms with van der Waals surface area (Å²) in [6.45, 7) is 8.84. The molecule has 1 atom stereocenters. The van der Waals surface area contributed by atoms with Crippen LogP contribution in [0.15, 0.2) is 24.3 Å². The maximum Gasteiger partial charge on any atom is 0.119 e. The summed E-state index contributed by atoms with van der Waals surface area (Å²) in [5.41, 5.74) is 0.814. The Labute approximate surface area is 123 Å². The van der Waals surface area contributed by atoms with Gasteiger partial charge in [-0.1, -0.05) is 19.1 Å². The topological polar surface area (TPSA) is 45.0 Å². The number of nitriles is 1. The second-order valence-corrected chi connectivity index (χ2v) is 5.70. The minimum absolute atomic E-state index is 0.307. The molecule has 1 aromatic rings. The second-order valence-electron chi connectivity index (χ2n) is 5.70. The quantitative estimate of drug-likeness (QED) is 0.735. The molecule has 0 radical (unpaired) electrons. The van der Waals surface area contributed by atoms with Gasteiger partial charge in [0.05, 0.1) is 12.7 Å². The van der Waals surface area contributed by atoms with Crippen LogP contribution in [-0.4, -0.2) is 18.2 Å². The third-order valence-corrected chi connectivity index (χ3v) is 3.25. The van der Waals surface area contributed by atoms with Crippen molar-refractivity contribution in [2.24, 2.45) is 0 Å². The molecule has 0 fully saturated rings. The van der Waals surface area contributed by atoms with Crippen molar-refractivity contribution in [3.8, 4) is 11.8 Å². The minimum Gasteiger partial charge on any atom is -0.494 e. The van der Waals surface area contributed by atoms with Crippen LogP contribution >= 0.6 is 0 Å². The summed E-state index contributed by atoms with van der Waals surface area (Å²) in [4.78, 5) is 0. The summed E-state index contributed by atoms with van der Waals surface area (Å²) >= 11 is 0. The van der Waals surface area contributed by atoms with Crippen molar-refractivity contribution in [3.63, 3.8) is 0 Å². The number of hydrogen-bond acceptors (Lipinski definition) is 3. The molecule has 0 heterocycles. The number of nitrogens with one attached hydrogen (secondary N) is 1. The van der Waals surface area contributed by atoms with Crippen LogP contribution in [0.1, 0.15) is 46.1 Å². The van der Waals surface area contributed by atoms with Crippen molar-refractivity contribution < 1.29 is 4.74 Å². The lowest BCUT2D eigenvalue weighted by Crippen LogP contribution is -2.45. The Morgan fingerprint density at radius 3 is 2.75 bits per heavy atom. The molecule has 0 spiro atoms. The van der Waals surface area contributed by atoms with E-state index in [1.54, 1.807) is 0 Å². The van der Waals surface area contributed by atoms with Crippen LogP contribution in [0, 0.1) is 11.3 Å². The van der Waals surface area contributed by atoms with Crippen molar-refractivity contribution >= 4 is 0 Å². The van der Waals surface area contributed by atoms with Crippen molar-refractivity contribution in [1.29, 1.82) is 5.26 Å². The number of ether oxygens (including phenoxy) is 1. The van der Waals surface area contributed by atoms with Crippen LogP contribution < -0.4 is 10.1 Å². The van der Waals surface area contributed by atoms with E-state index in [2.05, 4.69) is 44.3 Å². The average Bonchev–Trinajstić information content (AvgIpc) is 2.43. The summed E-state index contributed by atoms with van der Waals surface area (Å²) < 4.78 is 5.76. The largest absolute Gasteiger partial charge is 0.494 e. The van der Waals surface area contributed by atoms with E-state index >= 15 is 0 Å². The molecule has 3 nitrogen and oxygen atoms in total. The van der Waals surface area contributed by atoms with Gasteiger partial charge in [-0.3, -0.25) is 5.32 Å². The number of aryl methyl sites for hydroxylation is 1. The summed E-state index contributed by atoms with van der Waals surface area (Å²) in [5, 5.41) is 12.6. The van der Waals surface area contributed by atoms with Gasteiger partial charge < -0.3 is 4.74 Å². The average molecular weight is 274 g/mol. The van der Waals surface area contributed by atoms with Crippen molar-refractivity contribution in [2.75, 3.05) is 6.61 Å². The Hall–Kier alpha value is -1.53. The SMILES string of the molecule is CCc1cccc(OCCCC(C)(C#N)NC(C)C)c1. The lowest BCUT2D eigenvalue weighted by molar-refractivity contribution is 0.280. The van der Waals surface area contributed by atoms with Gasteiger partial charge in [0.15, 0.2) is 0 Å². The Bertz CT molecular complexity index is 451. The third-order valence-electron chi connectivity index (χ3n) is 3.25. The van der Waals surface area contributed by atoms with Crippen LogP contribution in [0.25, 0.3) is 0 Å². The van der Waals surface area contributed by atoms with Crippen molar-refractivity contribution in [1.82, 2.24) is 5.32 Å². The van der Waals surface area contributed by atoms with Crippen LogP contribution in [0.3, 0.4) is 0 Å². The molecule has 1 aromatic carbocycles. The first-order valence-electron chi connectivity index (χ1n) is 7.40. The molecule has 0 aliphatic carbocycles. The summed E-state index contributed by atoms with van der Waals surface area (Å²) in [5.74, 6) is 0.917. The monoisotopic (exact) mass is 274 g/mol. The van der Waals surface area contributed by atoms with E-state index in [0.717, 1.165) is 25.0 Å². The molecule has 0 aromatic heterocycles. The van der Waals surface area contributed by atoms with Crippen LogP contribution in [0.2, 0.25) is 0 Å². The molecule has 20 heavy (non-hydrogen) atoms. The van der Waals surface area contributed by atoms with Gasteiger partial charge in [0.2, 0.25) is 0 Å². The summed E-state index contributed by atoms with van der Waals surface area (Å²) in [7, 11) is 0. The predicted molar refractivity (Wildman–Crippen MR) is 82.8 cm³/mol. The van der Waals surface area contributed by atoms with Crippen LogP contribution in [-0.2, 0) is 6.42 Å². The highest BCUT2D eigenvalue weighted by atomic mass is 16.5. The van der Waals surface area contributed by atoms with Crippen molar-refractivity contribution in [3.05, 3.63) is 29.8 Å². The predicted octanol–water partition coefficient (Wildman–Crippen LogP) is 3.69. The van der Waals surface area contributed by atoms with E-state index in [1.807, 2.05) is 19.1 Å². The normalized spacial score (nSPS) is 13.8. The van der Waals surface area contributed by atoms with Gasteiger partial charge in [0.1, 0.15) is 11.3 Å². The van der Waals surface area contributed by atoms with E-state index in [9.17, 15) is 5.26 Å². The zero-order valence-corrected chi connectivity index (χ0v) is 13.1. The first kappa shape index (κ1) is 16.5. The molecule has 1 N–H and O–H groups in total. The maximum absolute atomic E-state index is 9.27. The van der Waals surface area contributed by atoms with E-state index in [1.165, 1.54) is 5.56 Å². The van der Waals surface area contributed by atoms with Crippen molar-refractivity contribution in [2.45, 2.75) is 58.5 Å². The molecular formula is C17H26N2O. The van der Waals surface area contributed by atoms with Gasteiger partial charge in [-0.15, -0.1) is 0 Å². The lowest BCUT2D eigenvalue weighted by Gasteiger charge is -2.25. The fraction of sp³-hybridized carbons (Fsp3) is 0.588. The number of nitrogens with zero attached hydrogens (tertiary/aromatic N) is 1. The van der Waals surface area contributed by atoms with Crippen LogP contribution in [0.4, 0.5) is 0 Å². The first-order valence-corrected chi connectivity index (χ1v) is 7.40. The number of benzene rings is 1. The van der Waals surface area contributed by atoms with Gasteiger partial charge in [-0.25, -0.2) is 0 Å². The molecule has 0 bridgehead atoms. The van der Waals surface area contributed by atoms with Gasteiger partial charge in [0, 0.05) is 6.04 Å². The molecule has 0 aliphatic heterocycles. The third kappa shape index (κ3) is 5.63. The lowest BCUT2D eigenvalue weighted by atomic mass is 9.97. The Morgan fingerprint density at radius 2 is 2.15 bits per heavy atom. The fourth-order valence-corrected chi connectivity index (χ4v) is 2.27. The van der Waals surface area contributed by atoms with Gasteiger partial charge in [0.25, 0.3) is 0 Å². The Kier molecular flexibility index (Phi) is 6.54. The summed E-state index contributed by atoms with van der Waals surface area (Å²) in [6.07, 6.45) is 2.66. The van der Waals surface area contributed by atoms with E-state index in [-0.39, 0.29) is 0 Å². The summed E-state index contributed by atoms with van der Waals surface area (Å²) in [6, 6.07) is 10.9. The highest BCUT2D eigenvalue weighted by Gasteiger charge is 2.23. The smallest absolute Gasteiger partial charge is 0.119 e. The Balaban J connectivity index is 2.39. The minimum atomic E-state index is -0.469. The van der Waals surface area contributed by atoms with E-state index in [0.29, 0.717) is 12.6 Å². The van der Waals surface area contributed by atoms with Gasteiger partial charge in [-0.05, 0) is 57.7 Å². The molecule has 0 saturated carbocycles. The zero-order valence-electron chi connectivity index (χ0n) is 13.1. The second kappa shape index (κ2) is 7.91. The van der Waals surface area contributed by atoms with E-state index in [4.69, 9.17) is 4.74 Å². The number of rotatable bonds is 8. The number of hydrogen-bond donors (Lipinski definition) is 1. The van der Waals surface area contributed by atoms with Gasteiger partial charge in [-0.2, -0.15) is 5.26 Å².